The second-order valence-electron chi connectivity index (χ2n) is 5.30. The van der Waals surface area contributed by atoms with Crippen LogP contribution in [0.15, 0.2) is 72.8 Å². The minimum absolute atomic E-state index is 0.0439. The Bertz CT molecular complexity index is 922. The van der Waals surface area contributed by atoms with Crippen molar-refractivity contribution in [3.8, 4) is 22.6 Å². The van der Waals surface area contributed by atoms with Crippen LogP contribution in [0.4, 0.5) is 5.69 Å². The van der Waals surface area contributed by atoms with Crippen molar-refractivity contribution in [2.75, 3.05) is 0 Å². The molecule has 1 amide bonds. The summed E-state index contributed by atoms with van der Waals surface area (Å²) >= 11 is 0. The van der Waals surface area contributed by atoms with Gasteiger partial charge in [-0.25, -0.2) is 0 Å². The number of amides is 1. The average molecular weight is 334 g/mol. The number of nitro groups is 1. The van der Waals surface area contributed by atoms with Crippen molar-refractivity contribution < 1.29 is 14.5 Å². The summed E-state index contributed by atoms with van der Waals surface area (Å²) < 4.78 is 5.60. The maximum absolute atomic E-state index is 11.2. The second kappa shape index (κ2) is 6.84. The molecule has 0 aliphatic rings. The predicted octanol–water partition coefficient (Wildman–Crippen LogP) is 4.15. The zero-order valence-corrected chi connectivity index (χ0v) is 13.1. The summed E-state index contributed by atoms with van der Waals surface area (Å²) in [5.41, 5.74) is 6.96. The van der Waals surface area contributed by atoms with Crippen molar-refractivity contribution in [2.24, 2.45) is 5.73 Å². The van der Waals surface area contributed by atoms with Crippen LogP contribution in [0.1, 0.15) is 10.4 Å². The van der Waals surface area contributed by atoms with E-state index in [0.717, 1.165) is 17.2 Å². The van der Waals surface area contributed by atoms with E-state index in [1.807, 2.05) is 42.5 Å². The van der Waals surface area contributed by atoms with E-state index in [4.69, 9.17) is 10.5 Å². The number of nitrogens with zero attached hydrogens (tertiary/aromatic N) is 1. The number of benzene rings is 3. The minimum atomic E-state index is -0.734. The summed E-state index contributed by atoms with van der Waals surface area (Å²) in [6.45, 7) is 0. The first-order valence-electron chi connectivity index (χ1n) is 7.46. The fraction of sp³-hybridized carbons (Fsp3) is 0. The van der Waals surface area contributed by atoms with Crippen LogP contribution in [0.5, 0.6) is 11.5 Å². The van der Waals surface area contributed by atoms with Gasteiger partial charge < -0.3 is 10.5 Å². The van der Waals surface area contributed by atoms with Gasteiger partial charge in [-0.3, -0.25) is 14.9 Å². The van der Waals surface area contributed by atoms with Crippen LogP contribution in [0.2, 0.25) is 0 Å². The number of nitro benzene ring substituents is 1. The van der Waals surface area contributed by atoms with E-state index in [9.17, 15) is 14.9 Å². The molecule has 0 aliphatic heterocycles. The number of primary amides is 1. The zero-order valence-electron chi connectivity index (χ0n) is 13.1. The first kappa shape index (κ1) is 16.2. The summed E-state index contributed by atoms with van der Waals surface area (Å²) in [5.74, 6) is -0.237. The topological polar surface area (TPSA) is 95.5 Å². The summed E-state index contributed by atoms with van der Waals surface area (Å²) in [6.07, 6.45) is 0. The molecule has 0 spiro atoms. The number of rotatable bonds is 5. The highest BCUT2D eigenvalue weighted by Gasteiger charge is 2.18. The van der Waals surface area contributed by atoms with Crippen molar-refractivity contribution in [1.82, 2.24) is 0 Å². The number of hydrogen-bond acceptors (Lipinski definition) is 4. The Balaban J connectivity index is 1.87. The van der Waals surface area contributed by atoms with E-state index in [2.05, 4.69) is 0 Å². The fourth-order valence-corrected chi connectivity index (χ4v) is 2.37. The van der Waals surface area contributed by atoms with Crippen molar-refractivity contribution in [2.45, 2.75) is 0 Å². The second-order valence-corrected chi connectivity index (χ2v) is 5.30. The SMILES string of the molecule is NC(=O)c1ccc(Oc2ccc(-c3ccccc3)cc2)c([N+](=O)[O-])c1. The first-order chi connectivity index (χ1) is 12.0. The Kier molecular flexibility index (Phi) is 4.43. The van der Waals surface area contributed by atoms with E-state index < -0.39 is 10.8 Å². The summed E-state index contributed by atoms with van der Waals surface area (Å²) in [4.78, 5) is 21.8. The Morgan fingerprint density at radius 3 is 2.16 bits per heavy atom. The lowest BCUT2D eigenvalue weighted by molar-refractivity contribution is -0.385. The molecule has 0 aliphatic carbocycles. The summed E-state index contributed by atoms with van der Waals surface area (Å²) in [7, 11) is 0. The monoisotopic (exact) mass is 334 g/mol. The zero-order chi connectivity index (χ0) is 17.8. The van der Waals surface area contributed by atoms with Gasteiger partial charge in [0.05, 0.1) is 4.92 Å². The Morgan fingerprint density at radius 1 is 0.920 bits per heavy atom. The Morgan fingerprint density at radius 2 is 1.56 bits per heavy atom. The highest BCUT2D eigenvalue weighted by Crippen LogP contribution is 2.33. The molecule has 0 unspecified atom stereocenters. The standard InChI is InChI=1S/C19H14N2O4/c20-19(22)15-8-11-18(17(12-15)21(23)24)25-16-9-6-14(7-10-16)13-4-2-1-3-5-13/h1-12H,(H2,20,22). The van der Waals surface area contributed by atoms with Gasteiger partial charge in [-0.05, 0) is 35.4 Å². The molecule has 3 rings (SSSR count). The molecule has 124 valence electrons. The van der Waals surface area contributed by atoms with Gasteiger partial charge in [-0.15, -0.1) is 0 Å². The van der Waals surface area contributed by atoms with Gasteiger partial charge in [0.25, 0.3) is 0 Å². The molecular weight excluding hydrogens is 320 g/mol. The molecule has 3 aromatic rings. The van der Waals surface area contributed by atoms with Crippen LogP contribution in [-0.4, -0.2) is 10.8 Å². The third kappa shape index (κ3) is 3.64. The smallest absolute Gasteiger partial charge is 0.312 e. The molecule has 2 N–H and O–H groups in total. The van der Waals surface area contributed by atoms with Crippen LogP contribution in [0.3, 0.4) is 0 Å². The average Bonchev–Trinajstić information content (AvgIpc) is 2.63. The number of hydrogen-bond donors (Lipinski definition) is 1. The van der Waals surface area contributed by atoms with E-state index in [1.54, 1.807) is 12.1 Å². The van der Waals surface area contributed by atoms with Crippen molar-refractivity contribution in [3.63, 3.8) is 0 Å². The molecule has 0 bridgehead atoms. The lowest BCUT2D eigenvalue weighted by Crippen LogP contribution is -2.11. The molecular formula is C19H14N2O4. The predicted molar refractivity (Wildman–Crippen MR) is 93.6 cm³/mol. The van der Waals surface area contributed by atoms with Crippen LogP contribution in [0, 0.1) is 10.1 Å². The molecule has 0 saturated carbocycles. The van der Waals surface area contributed by atoms with Crippen LogP contribution < -0.4 is 10.5 Å². The van der Waals surface area contributed by atoms with Crippen LogP contribution in [0.25, 0.3) is 11.1 Å². The minimum Gasteiger partial charge on any atom is -0.450 e. The normalized spacial score (nSPS) is 10.2. The number of nitrogens with two attached hydrogens (primary N) is 1. The van der Waals surface area contributed by atoms with Gasteiger partial charge in [-0.2, -0.15) is 0 Å². The summed E-state index contributed by atoms with van der Waals surface area (Å²) in [5, 5.41) is 11.2. The molecule has 0 aromatic heterocycles. The van der Waals surface area contributed by atoms with E-state index in [0.29, 0.717) is 5.75 Å². The maximum atomic E-state index is 11.2. The highest BCUT2D eigenvalue weighted by atomic mass is 16.6. The van der Waals surface area contributed by atoms with Gasteiger partial charge in [0, 0.05) is 11.6 Å². The molecule has 0 atom stereocenters. The van der Waals surface area contributed by atoms with Gasteiger partial charge in [-0.1, -0.05) is 42.5 Å². The van der Waals surface area contributed by atoms with Gasteiger partial charge in [0.2, 0.25) is 11.7 Å². The quantitative estimate of drug-likeness (QED) is 0.560. The molecule has 0 heterocycles. The van der Waals surface area contributed by atoms with Crippen LogP contribution >= 0.6 is 0 Å². The van der Waals surface area contributed by atoms with Gasteiger partial charge in [0.1, 0.15) is 5.75 Å². The Hall–Kier alpha value is -3.67. The largest absolute Gasteiger partial charge is 0.450 e. The van der Waals surface area contributed by atoms with Gasteiger partial charge in [0.15, 0.2) is 0 Å². The maximum Gasteiger partial charge on any atom is 0.312 e. The number of ether oxygens (including phenoxy) is 1. The van der Waals surface area contributed by atoms with Gasteiger partial charge >= 0.3 is 5.69 Å². The van der Waals surface area contributed by atoms with Crippen molar-refractivity contribution in [3.05, 3.63) is 88.5 Å². The number of carbonyl (C=O) groups is 1. The molecule has 6 heteroatoms. The molecule has 0 radical (unpaired) electrons. The van der Waals surface area contributed by atoms with Crippen LogP contribution in [-0.2, 0) is 0 Å². The first-order valence-corrected chi connectivity index (χ1v) is 7.46. The molecule has 0 fully saturated rings. The third-order valence-corrected chi connectivity index (χ3v) is 3.63. The lowest BCUT2D eigenvalue weighted by atomic mass is 10.1. The number of carbonyl (C=O) groups excluding carboxylic acids is 1. The lowest BCUT2D eigenvalue weighted by Gasteiger charge is -2.08. The molecule has 6 nitrogen and oxygen atoms in total. The Labute approximate surface area is 143 Å². The molecule has 25 heavy (non-hydrogen) atoms. The van der Waals surface area contributed by atoms with Crippen molar-refractivity contribution >= 4 is 11.6 Å². The van der Waals surface area contributed by atoms with Crippen molar-refractivity contribution in [1.29, 1.82) is 0 Å². The molecule has 0 saturated heterocycles. The molecule has 3 aromatic carbocycles. The van der Waals surface area contributed by atoms with E-state index >= 15 is 0 Å². The highest BCUT2D eigenvalue weighted by molar-refractivity contribution is 5.93. The summed E-state index contributed by atoms with van der Waals surface area (Å²) in [6, 6.07) is 20.9. The van der Waals surface area contributed by atoms with E-state index in [-0.39, 0.29) is 17.0 Å². The third-order valence-electron chi connectivity index (χ3n) is 3.63. The fourth-order valence-electron chi connectivity index (χ4n) is 2.37. The van der Waals surface area contributed by atoms with E-state index in [1.165, 1.54) is 12.1 Å².